The Balaban J connectivity index is 3.46. The zero-order chi connectivity index (χ0) is 8.59. The third-order valence-corrected chi connectivity index (χ3v) is 3.60. The highest BCUT2D eigenvalue weighted by atomic mass is 79.9. The molecule has 0 unspecified atom stereocenters. The van der Waals surface area contributed by atoms with Crippen LogP contribution in [0.1, 0.15) is 11.1 Å². The van der Waals surface area contributed by atoms with Gasteiger partial charge in [-0.3, -0.25) is 0 Å². The van der Waals surface area contributed by atoms with Crippen LogP contribution in [0.15, 0.2) is 15.0 Å². The van der Waals surface area contributed by atoms with Crippen molar-refractivity contribution in [3.8, 4) is 0 Å². The molecule has 0 fully saturated rings. The Hall–Kier alpha value is 0.110. The normalized spacial score (nSPS) is 10.3. The molecule has 0 spiro atoms. The Labute approximate surface area is 82.1 Å². The van der Waals surface area contributed by atoms with Crippen molar-refractivity contribution < 1.29 is 4.39 Å². The Kier molecular flexibility index (Phi) is 2.70. The molecular weight excluding hydrogens is 275 g/mol. The number of hydrogen-bond donors (Lipinski definition) is 0. The molecule has 0 nitrogen and oxygen atoms in total. The molecule has 0 aliphatic rings. The van der Waals surface area contributed by atoms with Gasteiger partial charge in [0.15, 0.2) is 0 Å². The highest BCUT2D eigenvalue weighted by molar-refractivity contribution is 9.13. The maximum atomic E-state index is 13.2. The lowest BCUT2D eigenvalue weighted by Gasteiger charge is -2.04. The summed E-state index contributed by atoms with van der Waals surface area (Å²) in [7, 11) is 0. The third kappa shape index (κ3) is 1.64. The van der Waals surface area contributed by atoms with E-state index in [1.807, 2.05) is 13.0 Å². The first-order valence-corrected chi connectivity index (χ1v) is 4.73. The van der Waals surface area contributed by atoms with Gasteiger partial charge >= 0.3 is 0 Å². The number of benzene rings is 1. The Morgan fingerprint density at radius 2 is 1.82 bits per heavy atom. The summed E-state index contributed by atoms with van der Waals surface area (Å²) in [5, 5.41) is 0. The standard InChI is InChI=1S/C8H7Br2F/c1-4-3-6(9)7(10)8(11)5(4)2/h3H,1-2H3. The fourth-order valence-electron chi connectivity index (χ4n) is 0.804. The summed E-state index contributed by atoms with van der Waals surface area (Å²) >= 11 is 6.39. The highest BCUT2D eigenvalue weighted by Gasteiger charge is 2.08. The van der Waals surface area contributed by atoms with Crippen LogP contribution in [0.4, 0.5) is 4.39 Å². The molecule has 0 heterocycles. The van der Waals surface area contributed by atoms with E-state index < -0.39 is 0 Å². The molecule has 0 aliphatic heterocycles. The van der Waals surface area contributed by atoms with Crippen molar-refractivity contribution in [3.05, 3.63) is 32.0 Å². The molecule has 0 saturated carbocycles. The molecular formula is C8H7Br2F. The summed E-state index contributed by atoms with van der Waals surface area (Å²) in [5.41, 5.74) is 1.65. The summed E-state index contributed by atoms with van der Waals surface area (Å²) in [6.45, 7) is 3.65. The lowest BCUT2D eigenvalue weighted by atomic mass is 10.1. The predicted octanol–water partition coefficient (Wildman–Crippen LogP) is 3.97. The molecule has 0 aromatic heterocycles. The zero-order valence-corrected chi connectivity index (χ0v) is 9.38. The second-order valence-electron chi connectivity index (χ2n) is 2.43. The molecule has 1 aromatic carbocycles. The van der Waals surface area contributed by atoms with Crippen molar-refractivity contribution in [2.75, 3.05) is 0 Å². The molecule has 0 amide bonds. The molecule has 0 radical (unpaired) electrons. The van der Waals surface area contributed by atoms with E-state index in [1.54, 1.807) is 6.92 Å². The minimum Gasteiger partial charge on any atom is -0.205 e. The maximum Gasteiger partial charge on any atom is 0.141 e. The fourth-order valence-corrected chi connectivity index (χ4v) is 1.73. The van der Waals surface area contributed by atoms with Gasteiger partial charge in [-0.1, -0.05) is 0 Å². The summed E-state index contributed by atoms with van der Waals surface area (Å²) in [4.78, 5) is 0. The van der Waals surface area contributed by atoms with Gasteiger partial charge in [-0.15, -0.1) is 0 Å². The number of halogens is 3. The van der Waals surface area contributed by atoms with Crippen molar-refractivity contribution in [1.82, 2.24) is 0 Å². The van der Waals surface area contributed by atoms with Gasteiger partial charge in [-0.05, 0) is 62.9 Å². The van der Waals surface area contributed by atoms with Gasteiger partial charge in [0, 0.05) is 4.47 Å². The highest BCUT2D eigenvalue weighted by Crippen LogP contribution is 2.29. The second-order valence-corrected chi connectivity index (χ2v) is 4.08. The lowest BCUT2D eigenvalue weighted by molar-refractivity contribution is 0.609. The van der Waals surface area contributed by atoms with Crippen molar-refractivity contribution >= 4 is 31.9 Å². The van der Waals surface area contributed by atoms with E-state index in [9.17, 15) is 4.39 Å². The first-order chi connectivity index (χ1) is 5.04. The fraction of sp³-hybridized carbons (Fsp3) is 0.250. The van der Waals surface area contributed by atoms with Gasteiger partial charge in [0.05, 0.1) is 4.47 Å². The second kappa shape index (κ2) is 3.23. The topological polar surface area (TPSA) is 0 Å². The van der Waals surface area contributed by atoms with Crippen LogP contribution in [0.3, 0.4) is 0 Å². The van der Waals surface area contributed by atoms with Crippen LogP contribution in [0, 0.1) is 19.7 Å². The average molecular weight is 282 g/mol. The van der Waals surface area contributed by atoms with E-state index in [0.29, 0.717) is 10.0 Å². The molecule has 0 bridgehead atoms. The lowest BCUT2D eigenvalue weighted by Crippen LogP contribution is -1.89. The minimum atomic E-state index is -0.183. The first kappa shape index (κ1) is 9.20. The van der Waals surface area contributed by atoms with Crippen LogP contribution in [0.5, 0.6) is 0 Å². The summed E-state index contributed by atoms with van der Waals surface area (Å²) in [5.74, 6) is -0.183. The monoisotopic (exact) mass is 280 g/mol. The Bertz CT molecular complexity index is 268. The maximum absolute atomic E-state index is 13.2. The van der Waals surface area contributed by atoms with E-state index in [4.69, 9.17) is 0 Å². The van der Waals surface area contributed by atoms with E-state index >= 15 is 0 Å². The predicted molar refractivity (Wildman–Crippen MR) is 51.3 cm³/mol. The van der Waals surface area contributed by atoms with Crippen LogP contribution in [0.2, 0.25) is 0 Å². The van der Waals surface area contributed by atoms with E-state index in [2.05, 4.69) is 31.9 Å². The third-order valence-electron chi connectivity index (χ3n) is 1.67. The largest absolute Gasteiger partial charge is 0.205 e. The number of aryl methyl sites for hydroxylation is 1. The van der Waals surface area contributed by atoms with Crippen molar-refractivity contribution in [2.24, 2.45) is 0 Å². The first-order valence-electron chi connectivity index (χ1n) is 3.14. The Morgan fingerprint density at radius 3 is 2.36 bits per heavy atom. The molecule has 0 atom stereocenters. The van der Waals surface area contributed by atoms with Gasteiger partial charge in [0.25, 0.3) is 0 Å². The van der Waals surface area contributed by atoms with Gasteiger partial charge < -0.3 is 0 Å². The van der Waals surface area contributed by atoms with Crippen LogP contribution >= 0.6 is 31.9 Å². The number of rotatable bonds is 0. The van der Waals surface area contributed by atoms with E-state index in [-0.39, 0.29) is 5.82 Å². The summed E-state index contributed by atoms with van der Waals surface area (Å²) < 4.78 is 14.4. The van der Waals surface area contributed by atoms with Gasteiger partial charge in [0.1, 0.15) is 5.82 Å². The molecule has 0 saturated heterocycles. The van der Waals surface area contributed by atoms with E-state index in [1.165, 1.54) is 0 Å². The average Bonchev–Trinajstić information content (AvgIpc) is 1.97. The Morgan fingerprint density at radius 1 is 1.27 bits per heavy atom. The molecule has 1 aromatic rings. The van der Waals surface area contributed by atoms with Gasteiger partial charge in [-0.2, -0.15) is 0 Å². The zero-order valence-electron chi connectivity index (χ0n) is 6.21. The summed E-state index contributed by atoms with van der Waals surface area (Å²) in [6, 6.07) is 1.89. The molecule has 0 N–H and O–H groups in total. The molecule has 1 rings (SSSR count). The summed E-state index contributed by atoms with van der Waals surface area (Å²) in [6.07, 6.45) is 0. The van der Waals surface area contributed by atoms with Crippen LogP contribution in [-0.2, 0) is 0 Å². The quantitative estimate of drug-likeness (QED) is 0.632. The SMILES string of the molecule is Cc1cc(Br)c(Br)c(F)c1C. The van der Waals surface area contributed by atoms with Gasteiger partial charge in [0.2, 0.25) is 0 Å². The number of hydrogen-bond acceptors (Lipinski definition) is 0. The molecule has 0 aliphatic carbocycles. The van der Waals surface area contributed by atoms with Crippen molar-refractivity contribution in [1.29, 1.82) is 0 Å². The molecule has 3 heteroatoms. The van der Waals surface area contributed by atoms with Crippen molar-refractivity contribution in [2.45, 2.75) is 13.8 Å². The smallest absolute Gasteiger partial charge is 0.141 e. The van der Waals surface area contributed by atoms with Crippen LogP contribution in [0.25, 0.3) is 0 Å². The molecule has 11 heavy (non-hydrogen) atoms. The van der Waals surface area contributed by atoms with Crippen molar-refractivity contribution in [3.63, 3.8) is 0 Å². The minimum absolute atomic E-state index is 0.183. The van der Waals surface area contributed by atoms with Crippen LogP contribution in [-0.4, -0.2) is 0 Å². The molecule has 60 valence electrons. The van der Waals surface area contributed by atoms with Gasteiger partial charge in [-0.25, -0.2) is 4.39 Å². The van der Waals surface area contributed by atoms with E-state index in [0.717, 1.165) is 10.0 Å². The van der Waals surface area contributed by atoms with Crippen LogP contribution < -0.4 is 0 Å².